The molecule has 1 unspecified atom stereocenters. The third-order valence-electron chi connectivity index (χ3n) is 5.69. The number of hydrogen-bond acceptors (Lipinski definition) is 4. The van der Waals surface area contributed by atoms with Gasteiger partial charge in [0, 0.05) is 17.3 Å². The third-order valence-corrected chi connectivity index (χ3v) is 6.50. The Bertz CT molecular complexity index is 1360. The van der Waals surface area contributed by atoms with Crippen LogP contribution in [0.2, 0.25) is 5.02 Å². The lowest BCUT2D eigenvalue weighted by atomic mass is 10.0. The molecule has 10 heteroatoms. The number of carbonyl (C=O) groups excluding carboxylic acids is 1. The van der Waals surface area contributed by atoms with Gasteiger partial charge in [-0.05, 0) is 66.0 Å². The van der Waals surface area contributed by atoms with Gasteiger partial charge in [-0.1, -0.05) is 23.7 Å². The van der Waals surface area contributed by atoms with Gasteiger partial charge in [0.2, 0.25) is 0 Å². The fourth-order valence-corrected chi connectivity index (χ4v) is 5.21. The number of anilines is 1. The molecule has 164 valence electrons. The molecule has 1 aromatic carbocycles. The van der Waals surface area contributed by atoms with E-state index in [1.54, 1.807) is 27.6 Å². The molecule has 0 fully saturated rings. The number of fused-ring (bicyclic) bond motifs is 2. The third kappa shape index (κ3) is 3.06. The number of aryl methyl sites for hydroxylation is 1. The Morgan fingerprint density at radius 3 is 2.59 bits per heavy atom. The van der Waals surface area contributed by atoms with Crippen molar-refractivity contribution >= 4 is 44.8 Å². The Kier molecular flexibility index (Phi) is 5.05. The van der Waals surface area contributed by atoms with E-state index >= 15 is 0 Å². The molecule has 0 saturated carbocycles. The van der Waals surface area contributed by atoms with Gasteiger partial charge in [0.25, 0.3) is 5.91 Å². The average Bonchev–Trinajstić information content (AvgIpc) is 3.40. The molecule has 1 amide bonds. The smallest absolute Gasteiger partial charge is 0.279 e. The zero-order valence-electron chi connectivity index (χ0n) is 17.6. The highest BCUT2D eigenvalue weighted by atomic mass is 79.9. The van der Waals surface area contributed by atoms with E-state index in [9.17, 15) is 9.18 Å². The van der Waals surface area contributed by atoms with Crippen LogP contribution in [0.4, 0.5) is 10.1 Å². The van der Waals surface area contributed by atoms with Crippen LogP contribution in [0.25, 0.3) is 5.65 Å². The molecule has 0 N–H and O–H groups in total. The molecule has 4 heterocycles. The summed E-state index contributed by atoms with van der Waals surface area (Å²) in [4.78, 5) is 19.9. The van der Waals surface area contributed by atoms with Crippen molar-refractivity contribution in [2.75, 3.05) is 4.90 Å². The predicted molar refractivity (Wildman–Crippen MR) is 123 cm³/mol. The molecule has 32 heavy (non-hydrogen) atoms. The Morgan fingerprint density at radius 1 is 1.22 bits per heavy atom. The van der Waals surface area contributed by atoms with E-state index in [1.165, 1.54) is 0 Å². The molecule has 1 aliphatic rings. The lowest BCUT2D eigenvalue weighted by molar-refractivity contribution is 0.0989. The zero-order valence-corrected chi connectivity index (χ0v) is 19.9. The van der Waals surface area contributed by atoms with Crippen LogP contribution in [0.1, 0.15) is 59.1 Å². The summed E-state index contributed by atoms with van der Waals surface area (Å²) in [6, 6.07) is 8.93. The topological polar surface area (TPSA) is 68.3 Å². The van der Waals surface area contributed by atoms with E-state index in [-0.39, 0.29) is 17.8 Å². The van der Waals surface area contributed by atoms with Gasteiger partial charge in [0.15, 0.2) is 21.9 Å². The number of benzene rings is 1. The Morgan fingerprint density at radius 2 is 1.94 bits per heavy atom. The lowest BCUT2D eigenvalue weighted by Gasteiger charge is -2.28. The van der Waals surface area contributed by atoms with Crippen molar-refractivity contribution in [3.63, 3.8) is 0 Å². The number of hydrogen-bond donors (Lipinski definition) is 0. The van der Waals surface area contributed by atoms with Gasteiger partial charge in [0.05, 0.1) is 11.4 Å². The fourth-order valence-electron chi connectivity index (χ4n) is 4.31. The van der Waals surface area contributed by atoms with Crippen LogP contribution in [0.15, 0.2) is 41.3 Å². The first-order valence-corrected chi connectivity index (χ1v) is 11.3. The molecule has 3 aromatic heterocycles. The maximum Gasteiger partial charge on any atom is 0.279 e. The number of alkyl halides is 1. The van der Waals surface area contributed by atoms with E-state index in [1.807, 2.05) is 43.5 Å². The highest BCUT2D eigenvalue weighted by Gasteiger charge is 2.44. The zero-order chi connectivity index (χ0) is 22.7. The molecule has 5 rings (SSSR count). The van der Waals surface area contributed by atoms with Crippen molar-refractivity contribution < 1.29 is 9.18 Å². The van der Waals surface area contributed by atoms with Crippen molar-refractivity contribution in [3.8, 4) is 0 Å². The Labute approximate surface area is 197 Å². The highest BCUT2D eigenvalue weighted by Crippen LogP contribution is 2.44. The summed E-state index contributed by atoms with van der Waals surface area (Å²) >= 11 is 9.65. The van der Waals surface area contributed by atoms with Crippen molar-refractivity contribution in [2.45, 2.75) is 39.5 Å². The fraction of sp³-hybridized carbons (Fsp3) is 0.273. The quantitative estimate of drug-likeness (QED) is 0.361. The Balaban J connectivity index is 1.76. The van der Waals surface area contributed by atoms with E-state index in [0.717, 1.165) is 16.8 Å². The van der Waals surface area contributed by atoms with Crippen molar-refractivity contribution in [1.82, 2.24) is 24.1 Å². The van der Waals surface area contributed by atoms with Crippen molar-refractivity contribution in [3.05, 3.63) is 74.6 Å². The number of halogens is 3. The molecule has 0 saturated heterocycles. The first-order chi connectivity index (χ1) is 15.3. The monoisotopic (exact) mass is 516 g/mol. The first kappa shape index (κ1) is 21.1. The minimum atomic E-state index is -0.758. The number of aromatic nitrogens is 5. The molecule has 1 atom stereocenters. The van der Waals surface area contributed by atoms with Crippen LogP contribution >= 0.6 is 27.5 Å². The number of amides is 1. The van der Waals surface area contributed by atoms with E-state index < -0.39 is 12.7 Å². The molecule has 0 bridgehead atoms. The second kappa shape index (κ2) is 7.67. The molecular weight excluding hydrogens is 499 g/mol. The number of carbonyl (C=O) groups is 1. The van der Waals surface area contributed by atoms with Gasteiger partial charge in [-0.3, -0.25) is 14.1 Å². The second-order valence-corrected chi connectivity index (χ2v) is 9.18. The van der Waals surface area contributed by atoms with Gasteiger partial charge in [-0.2, -0.15) is 0 Å². The number of rotatable bonds is 4. The number of imidazole rings is 1. The normalized spacial score (nSPS) is 15.9. The molecule has 1 aliphatic heterocycles. The summed E-state index contributed by atoms with van der Waals surface area (Å²) in [5, 5.41) is 8.61. The van der Waals surface area contributed by atoms with Crippen LogP contribution in [-0.4, -0.2) is 30.1 Å². The van der Waals surface area contributed by atoms with Crippen molar-refractivity contribution in [2.24, 2.45) is 0 Å². The lowest BCUT2D eigenvalue weighted by Crippen LogP contribution is -2.30. The average molecular weight is 518 g/mol. The minimum Gasteiger partial charge on any atom is -0.317 e. The summed E-state index contributed by atoms with van der Waals surface area (Å²) in [5.74, 6) is -0.0432. The largest absolute Gasteiger partial charge is 0.317 e. The van der Waals surface area contributed by atoms with E-state index in [2.05, 4.69) is 31.1 Å². The van der Waals surface area contributed by atoms with E-state index in [4.69, 9.17) is 11.6 Å². The summed E-state index contributed by atoms with van der Waals surface area (Å²) < 4.78 is 17.7. The van der Waals surface area contributed by atoms with E-state index in [0.29, 0.717) is 26.8 Å². The molecule has 0 spiro atoms. The summed E-state index contributed by atoms with van der Waals surface area (Å²) in [6.07, 6.45) is 1.71. The van der Waals surface area contributed by atoms with Gasteiger partial charge >= 0.3 is 0 Å². The molecule has 4 aromatic rings. The number of nitrogens with zero attached hydrogens (tertiary/aromatic N) is 6. The number of pyridine rings is 1. The van der Waals surface area contributed by atoms with Crippen LogP contribution in [0.5, 0.6) is 0 Å². The van der Waals surface area contributed by atoms with Gasteiger partial charge in [-0.25, -0.2) is 9.37 Å². The molecular formula is C22H19BrClFN6O. The summed E-state index contributed by atoms with van der Waals surface area (Å²) in [5.41, 5.74) is 4.03. The van der Waals surface area contributed by atoms with Gasteiger partial charge < -0.3 is 4.57 Å². The second-order valence-electron chi connectivity index (χ2n) is 8.03. The van der Waals surface area contributed by atoms with Gasteiger partial charge in [-0.15, -0.1) is 10.2 Å². The molecule has 7 nitrogen and oxygen atoms in total. The Hall–Kier alpha value is -2.78. The van der Waals surface area contributed by atoms with Crippen molar-refractivity contribution in [1.29, 1.82) is 0 Å². The maximum atomic E-state index is 13.7. The van der Waals surface area contributed by atoms with Gasteiger partial charge in [0.1, 0.15) is 12.7 Å². The molecule has 0 aliphatic carbocycles. The maximum absolute atomic E-state index is 13.7. The SMILES string of the molecule is Cc1cc(N2C(=O)c3nc(Br)n(C(C)C)c3C2c2ccc(Cl)cc2)cn2c(CF)nnc12. The summed E-state index contributed by atoms with van der Waals surface area (Å²) in [7, 11) is 0. The molecule has 0 radical (unpaired) electrons. The van der Waals surface area contributed by atoms with Crippen LogP contribution in [0, 0.1) is 6.92 Å². The van der Waals surface area contributed by atoms with Crippen LogP contribution in [0.3, 0.4) is 0 Å². The minimum absolute atomic E-state index is 0.0726. The van der Waals surface area contributed by atoms with Crippen LogP contribution < -0.4 is 4.90 Å². The van der Waals surface area contributed by atoms with Crippen LogP contribution in [-0.2, 0) is 6.67 Å². The standard InChI is InChI=1S/C22H19BrClFN6O/c1-11(2)30-19-17(26-22(30)23)21(32)31(18(19)13-4-6-14(24)7-5-13)15-8-12(3)20-28-27-16(9-25)29(20)10-15/h4-8,10-11,18H,9H2,1-3H3. The predicted octanol–water partition coefficient (Wildman–Crippen LogP) is 5.45. The highest BCUT2D eigenvalue weighted by molar-refractivity contribution is 9.10. The summed E-state index contributed by atoms with van der Waals surface area (Å²) in [6.45, 7) is 5.19. The first-order valence-electron chi connectivity index (χ1n) is 10.1.